The lowest BCUT2D eigenvalue weighted by Gasteiger charge is -2.16. The Morgan fingerprint density at radius 3 is 2.81 bits per heavy atom. The lowest BCUT2D eigenvalue weighted by atomic mass is 10.1. The summed E-state index contributed by atoms with van der Waals surface area (Å²) >= 11 is 0. The Morgan fingerprint density at radius 2 is 1.93 bits per heavy atom. The molecule has 0 saturated carbocycles. The van der Waals surface area contributed by atoms with Crippen LogP contribution in [0.5, 0.6) is 11.5 Å². The van der Waals surface area contributed by atoms with Gasteiger partial charge in [0.1, 0.15) is 0 Å². The molecule has 1 atom stereocenters. The van der Waals surface area contributed by atoms with Gasteiger partial charge in [0.05, 0.1) is 5.92 Å². The molecule has 0 radical (unpaired) electrons. The number of aromatic nitrogens is 2. The monoisotopic (exact) mass is 363 g/mol. The van der Waals surface area contributed by atoms with Crippen molar-refractivity contribution in [3.05, 3.63) is 60.0 Å². The van der Waals surface area contributed by atoms with Crippen LogP contribution in [0.15, 0.2) is 53.1 Å². The average molecular weight is 363 g/mol. The van der Waals surface area contributed by atoms with Crippen molar-refractivity contribution in [3.63, 3.8) is 0 Å². The van der Waals surface area contributed by atoms with Gasteiger partial charge in [-0.2, -0.15) is 4.98 Å². The normalized spacial score (nSPS) is 18.3. The highest BCUT2D eigenvalue weighted by Crippen LogP contribution is 2.34. The molecule has 1 amide bonds. The molecular formula is C20H17N3O4. The molecular weight excluding hydrogens is 346 g/mol. The number of nitrogens with zero attached hydrogens (tertiary/aromatic N) is 3. The van der Waals surface area contributed by atoms with Gasteiger partial charge in [0, 0.05) is 25.1 Å². The summed E-state index contributed by atoms with van der Waals surface area (Å²) in [5.74, 6) is 2.51. The summed E-state index contributed by atoms with van der Waals surface area (Å²) in [4.78, 5) is 18.8. The Kier molecular flexibility index (Phi) is 3.78. The molecule has 0 spiro atoms. The lowest BCUT2D eigenvalue weighted by molar-refractivity contribution is -0.128. The number of likely N-dealkylation sites (tertiary alicyclic amines) is 1. The quantitative estimate of drug-likeness (QED) is 0.709. The van der Waals surface area contributed by atoms with E-state index >= 15 is 0 Å². The van der Waals surface area contributed by atoms with Crippen LogP contribution < -0.4 is 9.47 Å². The third kappa shape index (κ3) is 3.01. The molecule has 7 nitrogen and oxygen atoms in total. The first-order valence-corrected chi connectivity index (χ1v) is 8.81. The van der Waals surface area contributed by atoms with Crippen LogP contribution in [-0.2, 0) is 11.3 Å². The molecule has 0 N–H and O–H groups in total. The minimum Gasteiger partial charge on any atom is -0.454 e. The number of carbonyl (C=O) groups excluding carboxylic acids is 1. The van der Waals surface area contributed by atoms with Crippen LogP contribution >= 0.6 is 0 Å². The van der Waals surface area contributed by atoms with E-state index in [0.29, 0.717) is 31.2 Å². The highest BCUT2D eigenvalue weighted by molar-refractivity contribution is 5.79. The van der Waals surface area contributed by atoms with Crippen LogP contribution in [0.4, 0.5) is 0 Å². The fourth-order valence-electron chi connectivity index (χ4n) is 3.46. The van der Waals surface area contributed by atoms with E-state index in [1.54, 1.807) is 0 Å². The Morgan fingerprint density at radius 1 is 1.07 bits per heavy atom. The zero-order valence-electron chi connectivity index (χ0n) is 14.5. The van der Waals surface area contributed by atoms with E-state index in [-0.39, 0.29) is 18.6 Å². The summed E-state index contributed by atoms with van der Waals surface area (Å²) in [6.45, 7) is 1.32. The van der Waals surface area contributed by atoms with Crippen molar-refractivity contribution in [1.29, 1.82) is 0 Å². The largest absolute Gasteiger partial charge is 0.454 e. The van der Waals surface area contributed by atoms with Gasteiger partial charge >= 0.3 is 0 Å². The summed E-state index contributed by atoms with van der Waals surface area (Å²) < 4.78 is 16.2. The van der Waals surface area contributed by atoms with Crippen molar-refractivity contribution >= 4 is 5.91 Å². The summed E-state index contributed by atoms with van der Waals surface area (Å²) in [6, 6.07) is 15.4. The SMILES string of the molecule is O=C1CC(c2nc(-c3ccccc3)no2)CN1Cc1ccc2c(c1)OCO2. The van der Waals surface area contributed by atoms with Gasteiger partial charge in [0.2, 0.25) is 24.4 Å². The molecule has 27 heavy (non-hydrogen) atoms. The summed E-state index contributed by atoms with van der Waals surface area (Å²) in [7, 11) is 0. The van der Waals surface area contributed by atoms with Crippen molar-refractivity contribution in [2.24, 2.45) is 0 Å². The van der Waals surface area contributed by atoms with E-state index in [1.165, 1.54) is 0 Å². The molecule has 1 unspecified atom stereocenters. The first-order valence-electron chi connectivity index (χ1n) is 8.81. The topological polar surface area (TPSA) is 77.7 Å². The van der Waals surface area contributed by atoms with Crippen molar-refractivity contribution in [1.82, 2.24) is 15.0 Å². The van der Waals surface area contributed by atoms with Gasteiger partial charge in [-0.15, -0.1) is 0 Å². The van der Waals surface area contributed by atoms with Crippen LogP contribution in [0.3, 0.4) is 0 Å². The van der Waals surface area contributed by atoms with Gasteiger partial charge in [-0.1, -0.05) is 41.6 Å². The third-order valence-corrected chi connectivity index (χ3v) is 4.85. The molecule has 3 aromatic rings. The fourth-order valence-corrected chi connectivity index (χ4v) is 3.46. The molecule has 3 heterocycles. The van der Waals surface area contributed by atoms with E-state index in [4.69, 9.17) is 14.0 Å². The van der Waals surface area contributed by atoms with Crippen LogP contribution in [0.2, 0.25) is 0 Å². The maximum atomic E-state index is 12.5. The Labute approximate surface area is 155 Å². The van der Waals surface area contributed by atoms with Crippen LogP contribution in [0.25, 0.3) is 11.4 Å². The number of ether oxygens (including phenoxy) is 2. The lowest BCUT2D eigenvalue weighted by Crippen LogP contribution is -2.24. The van der Waals surface area contributed by atoms with E-state index in [0.717, 1.165) is 22.6 Å². The molecule has 7 heteroatoms. The number of hydrogen-bond donors (Lipinski definition) is 0. The smallest absolute Gasteiger partial charge is 0.232 e. The Balaban J connectivity index is 1.30. The van der Waals surface area contributed by atoms with Gasteiger partial charge < -0.3 is 18.9 Å². The first kappa shape index (κ1) is 15.9. The molecule has 5 rings (SSSR count). The second-order valence-electron chi connectivity index (χ2n) is 6.69. The van der Waals surface area contributed by atoms with E-state index in [9.17, 15) is 4.79 Å². The van der Waals surface area contributed by atoms with Crippen LogP contribution in [0, 0.1) is 0 Å². The van der Waals surface area contributed by atoms with Gasteiger partial charge in [0.25, 0.3) is 0 Å². The number of amides is 1. The maximum absolute atomic E-state index is 12.5. The van der Waals surface area contributed by atoms with Gasteiger partial charge in [-0.3, -0.25) is 4.79 Å². The number of carbonyl (C=O) groups is 1. The minimum absolute atomic E-state index is 0.0807. The maximum Gasteiger partial charge on any atom is 0.232 e. The Bertz CT molecular complexity index is 986. The number of benzene rings is 2. The zero-order valence-corrected chi connectivity index (χ0v) is 14.5. The van der Waals surface area contributed by atoms with Crippen molar-refractivity contribution in [2.45, 2.75) is 18.9 Å². The first-order chi connectivity index (χ1) is 13.3. The van der Waals surface area contributed by atoms with Gasteiger partial charge in [-0.05, 0) is 17.7 Å². The van der Waals surface area contributed by atoms with Crippen molar-refractivity contribution in [2.75, 3.05) is 13.3 Å². The van der Waals surface area contributed by atoms with E-state index < -0.39 is 0 Å². The summed E-state index contributed by atoms with van der Waals surface area (Å²) in [5.41, 5.74) is 1.90. The fraction of sp³-hybridized carbons (Fsp3) is 0.250. The molecule has 0 aliphatic carbocycles. The number of hydrogen-bond acceptors (Lipinski definition) is 6. The zero-order chi connectivity index (χ0) is 18.2. The minimum atomic E-state index is -0.0866. The predicted octanol–water partition coefficient (Wildman–Crippen LogP) is 2.98. The van der Waals surface area contributed by atoms with Gasteiger partial charge in [-0.25, -0.2) is 0 Å². The third-order valence-electron chi connectivity index (χ3n) is 4.85. The van der Waals surface area contributed by atoms with E-state index in [1.807, 2.05) is 53.4 Å². The molecule has 1 fully saturated rings. The highest BCUT2D eigenvalue weighted by Gasteiger charge is 2.34. The molecule has 136 valence electrons. The van der Waals surface area contributed by atoms with Crippen LogP contribution in [0.1, 0.15) is 23.8 Å². The number of rotatable bonds is 4. The molecule has 2 aliphatic heterocycles. The van der Waals surface area contributed by atoms with Crippen molar-refractivity contribution in [3.8, 4) is 22.9 Å². The second-order valence-corrected chi connectivity index (χ2v) is 6.69. The summed E-state index contributed by atoms with van der Waals surface area (Å²) in [5, 5.41) is 4.06. The average Bonchev–Trinajstić information content (AvgIpc) is 3.42. The highest BCUT2D eigenvalue weighted by atomic mass is 16.7. The van der Waals surface area contributed by atoms with Gasteiger partial charge in [0.15, 0.2) is 11.5 Å². The second kappa shape index (κ2) is 6.42. The van der Waals surface area contributed by atoms with E-state index in [2.05, 4.69) is 10.1 Å². The molecule has 2 aliphatic rings. The molecule has 2 aromatic carbocycles. The summed E-state index contributed by atoms with van der Waals surface area (Å²) in [6.07, 6.45) is 0.376. The Hall–Kier alpha value is -3.35. The van der Waals surface area contributed by atoms with Crippen LogP contribution in [-0.4, -0.2) is 34.3 Å². The van der Waals surface area contributed by atoms with Crippen molar-refractivity contribution < 1.29 is 18.8 Å². The number of fused-ring (bicyclic) bond motifs is 1. The molecule has 1 aromatic heterocycles. The molecule has 0 bridgehead atoms. The molecule has 1 saturated heterocycles. The predicted molar refractivity (Wildman–Crippen MR) is 95.1 cm³/mol. The standard InChI is InChI=1S/C20H17N3O4/c24-18-9-15(20-21-19(22-27-20)14-4-2-1-3-5-14)11-23(18)10-13-6-7-16-17(8-13)26-12-25-16/h1-8,15H,9-12H2.